The molecule has 0 aliphatic carbocycles. The number of rotatable bonds is 4. The molecule has 4 nitrogen and oxygen atoms in total. The first-order chi connectivity index (χ1) is 13.3. The van der Waals surface area contributed by atoms with Crippen molar-refractivity contribution in [1.29, 1.82) is 0 Å². The Kier molecular flexibility index (Phi) is 5.84. The molecule has 1 aromatic heterocycles. The van der Waals surface area contributed by atoms with Crippen molar-refractivity contribution in [2.24, 2.45) is 0 Å². The van der Waals surface area contributed by atoms with Crippen molar-refractivity contribution in [3.63, 3.8) is 0 Å². The van der Waals surface area contributed by atoms with E-state index in [1.54, 1.807) is 54.0 Å². The van der Waals surface area contributed by atoms with Crippen LogP contribution in [0, 0.1) is 6.92 Å². The third-order valence-electron chi connectivity index (χ3n) is 4.57. The topological polar surface area (TPSA) is 59.3 Å². The van der Waals surface area contributed by atoms with Crippen LogP contribution in [-0.2, 0) is 6.54 Å². The Morgan fingerprint density at radius 3 is 2.21 bits per heavy atom. The lowest BCUT2D eigenvalue weighted by molar-refractivity contribution is 0.0695. The molecule has 0 fully saturated rings. The number of aromatic carboxylic acids is 1. The highest BCUT2D eigenvalue weighted by atomic mass is 35.5. The molecule has 1 heterocycles. The van der Waals surface area contributed by atoms with Crippen LogP contribution in [0.2, 0.25) is 15.1 Å². The molecule has 3 rings (SSSR count). The van der Waals surface area contributed by atoms with E-state index >= 15 is 0 Å². The zero-order chi connectivity index (χ0) is 20.6. The highest BCUT2D eigenvalue weighted by Crippen LogP contribution is 2.34. The summed E-state index contributed by atoms with van der Waals surface area (Å²) in [6.07, 6.45) is 0. The van der Waals surface area contributed by atoms with Crippen molar-refractivity contribution < 1.29 is 9.90 Å². The second kappa shape index (κ2) is 8.00. The molecule has 0 amide bonds. The number of nitrogens with zero attached hydrogens (tertiary/aromatic N) is 1. The van der Waals surface area contributed by atoms with Crippen LogP contribution in [-0.4, -0.2) is 15.6 Å². The molecular formula is C21H16Cl3NO3. The van der Waals surface area contributed by atoms with E-state index in [1.807, 2.05) is 6.92 Å². The molecule has 0 saturated carbocycles. The lowest BCUT2D eigenvalue weighted by atomic mass is 9.96. The molecule has 0 unspecified atom stereocenters. The van der Waals surface area contributed by atoms with Crippen molar-refractivity contribution in [2.45, 2.75) is 20.4 Å². The summed E-state index contributed by atoms with van der Waals surface area (Å²) in [5.74, 6) is -1.31. The van der Waals surface area contributed by atoms with Gasteiger partial charge in [0.25, 0.3) is 0 Å². The van der Waals surface area contributed by atoms with Gasteiger partial charge in [0.15, 0.2) is 0 Å². The fourth-order valence-corrected chi connectivity index (χ4v) is 3.85. The minimum atomic E-state index is -1.31. The smallest absolute Gasteiger partial charge is 0.341 e. The Hall–Kier alpha value is -2.27. The predicted octanol–water partition coefficient (Wildman–Crippen LogP) is 6.17. The Balaban J connectivity index is 2.48. The van der Waals surface area contributed by atoms with E-state index in [2.05, 4.69) is 0 Å². The maximum atomic E-state index is 13.3. The molecule has 144 valence electrons. The molecule has 0 radical (unpaired) electrons. The molecule has 0 spiro atoms. The summed E-state index contributed by atoms with van der Waals surface area (Å²) in [6.45, 7) is 4.10. The van der Waals surface area contributed by atoms with E-state index < -0.39 is 11.4 Å². The number of aromatic nitrogens is 1. The summed E-state index contributed by atoms with van der Waals surface area (Å²) in [4.78, 5) is 25.4. The van der Waals surface area contributed by atoms with E-state index in [0.29, 0.717) is 44.1 Å². The summed E-state index contributed by atoms with van der Waals surface area (Å²) >= 11 is 18.4. The molecule has 1 N–H and O–H groups in total. The molecular weight excluding hydrogens is 421 g/mol. The fraction of sp³-hybridized carbons (Fsp3) is 0.143. The van der Waals surface area contributed by atoms with E-state index in [4.69, 9.17) is 34.8 Å². The van der Waals surface area contributed by atoms with Gasteiger partial charge >= 0.3 is 5.97 Å². The van der Waals surface area contributed by atoms with Gasteiger partial charge in [-0.15, -0.1) is 0 Å². The first-order valence-electron chi connectivity index (χ1n) is 8.48. The molecule has 28 heavy (non-hydrogen) atoms. The monoisotopic (exact) mass is 435 g/mol. The van der Waals surface area contributed by atoms with Crippen molar-refractivity contribution >= 4 is 40.8 Å². The highest BCUT2D eigenvalue weighted by Gasteiger charge is 2.26. The van der Waals surface area contributed by atoms with Gasteiger partial charge in [0.2, 0.25) is 5.43 Å². The highest BCUT2D eigenvalue weighted by molar-refractivity contribution is 6.35. The van der Waals surface area contributed by atoms with Crippen LogP contribution in [0.4, 0.5) is 0 Å². The maximum absolute atomic E-state index is 13.3. The number of halogens is 3. The van der Waals surface area contributed by atoms with Crippen LogP contribution in [0.5, 0.6) is 0 Å². The Bertz CT molecular complexity index is 1140. The molecule has 2 aromatic carbocycles. The lowest BCUT2D eigenvalue weighted by Crippen LogP contribution is -2.25. The SMILES string of the molecule is CCn1c(C)c(-c2cc(Cl)ccc2Cl)c(=O)c(C(=O)O)c1-c1ccc(Cl)cc1. The third kappa shape index (κ3) is 3.55. The second-order valence-electron chi connectivity index (χ2n) is 6.19. The summed E-state index contributed by atoms with van der Waals surface area (Å²) in [5, 5.41) is 11.1. The lowest BCUT2D eigenvalue weighted by Gasteiger charge is -2.21. The van der Waals surface area contributed by atoms with E-state index in [0.717, 1.165) is 0 Å². The normalized spacial score (nSPS) is 10.9. The van der Waals surface area contributed by atoms with Gasteiger partial charge < -0.3 is 9.67 Å². The van der Waals surface area contributed by atoms with Gasteiger partial charge in [0.1, 0.15) is 5.56 Å². The number of carbonyl (C=O) groups is 1. The van der Waals surface area contributed by atoms with Gasteiger partial charge in [-0.1, -0.05) is 46.9 Å². The van der Waals surface area contributed by atoms with Crippen LogP contribution in [0.3, 0.4) is 0 Å². The number of benzene rings is 2. The van der Waals surface area contributed by atoms with Gasteiger partial charge in [0.05, 0.1) is 11.3 Å². The molecule has 7 heteroatoms. The molecule has 3 aromatic rings. The van der Waals surface area contributed by atoms with Gasteiger partial charge in [-0.05, 0) is 49.7 Å². The molecule has 0 atom stereocenters. The number of carboxylic acids is 1. The van der Waals surface area contributed by atoms with Crippen LogP contribution in [0.1, 0.15) is 23.0 Å². The van der Waals surface area contributed by atoms with Crippen LogP contribution >= 0.6 is 34.8 Å². The van der Waals surface area contributed by atoms with Crippen LogP contribution < -0.4 is 5.43 Å². The number of hydrogen-bond donors (Lipinski definition) is 1. The molecule has 0 saturated heterocycles. The summed E-state index contributed by atoms with van der Waals surface area (Å²) in [6, 6.07) is 11.5. The fourth-order valence-electron chi connectivity index (χ4n) is 3.34. The largest absolute Gasteiger partial charge is 0.477 e. The third-order valence-corrected chi connectivity index (χ3v) is 5.39. The second-order valence-corrected chi connectivity index (χ2v) is 7.47. The average molecular weight is 437 g/mol. The zero-order valence-corrected chi connectivity index (χ0v) is 17.4. The van der Waals surface area contributed by atoms with Gasteiger partial charge in [-0.2, -0.15) is 0 Å². The molecule has 0 bridgehead atoms. The van der Waals surface area contributed by atoms with Crippen molar-refractivity contribution in [3.8, 4) is 22.4 Å². The van der Waals surface area contributed by atoms with E-state index in [9.17, 15) is 14.7 Å². The summed E-state index contributed by atoms with van der Waals surface area (Å²) in [7, 11) is 0. The van der Waals surface area contributed by atoms with Gasteiger partial charge in [-0.25, -0.2) is 4.79 Å². The number of carboxylic acid groups (broad SMARTS) is 1. The molecule has 0 aliphatic rings. The average Bonchev–Trinajstić information content (AvgIpc) is 2.64. The van der Waals surface area contributed by atoms with E-state index in [1.165, 1.54) is 0 Å². The quantitative estimate of drug-likeness (QED) is 0.532. The summed E-state index contributed by atoms with van der Waals surface area (Å²) < 4.78 is 1.79. The Morgan fingerprint density at radius 1 is 1.04 bits per heavy atom. The maximum Gasteiger partial charge on any atom is 0.341 e. The minimum absolute atomic E-state index is 0.226. The molecule has 0 aliphatic heterocycles. The first kappa shape index (κ1) is 20.5. The first-order valence-corrected chi connectivity index (χ1v) is 9.61. The zero-order valence-electron chi connectivity index (χ0n) is 15.1. The van der Waals surface area contributed by atoms with Crippen molar-refractivity contribution in [2.75, 3.05) is 0 Å². The number of pyridine rings is 1. The van der Waals surface area contributed by atoms with Gasteiger partial charge in [-0.3, -0.25) is 4.79 Å². The summed E-state index contributed by atoms with van der Waals surface area (Å²) in [5.41, 5.74) is 1.23. The van der Waals surface area contributed by atoms with E-state index in [-0.39, 0.29) is 11.1 Å². The Labute approximate surface area is 176 Å². The standard InChI is InChI=1S/C21H16Cl3NO3/c1-3-25-11(2)17(15-10-14(23)8-9-16(15)24)20(26)18(21(27)28)19(25)12-4-6-13(22)7-5-12/h4-10H,3H2,1-2H3,(H,27,28). The van der Waals surface area contributed by atoms with Crippen LogP contribution in [0.25, 0.3) is 22.4 Å². The van der Waals surface area contributed by atoms with Gasteiger partial charge in [0, 0.05) is 32.9 Å². The predicted molar refractivity (Wildman–Crippen MR) is 114 cm³/mol. The van der Waals surface area contributed by atoms with Crippen molar-refractivity contribution in [1.82, 2.24) is 4.57 Å². The number of hydrogen-bond acceptors (Lipinski definition) is 2. The Morgan fingerprint density at radius 2 is 1.64 bits per heavy atom. The minimum Gasteiger partial charge on any atom is -0.477 e. The van der Waals surface area contributed by atoms with Crippen LogP contribution in [0.15, 0.2) is 47.3 Å². The van der Waals surface area contributed by atoms with Crippen molar-refractivity contribution in [3.05, 3.63) is 79.0 Å².